The highest BCUT2D eigenvalue weighted by molar-refractivity contribution is 8.17. The van der Waals surface area contributed by atoms with Crippen molar-refractivity contribution in [1.29, 1.82) is 0 Å². The Kier molecular flexibility index (Phi) is 8.39. The Morgan fingerprint density at radius 3 is 2.27 bits per heavy atom. The van der Waals surface area contributed by atoms with Crippen molar-refractivity contribution in [3.63, 3.8) is 0 Å². The van der Waals surface area contributed by atoms with Crippen LogP contribution in [0.25, 0.3) is 10.8 Å². The number of nitrogens with zero attached hydrogens (tertiary/aromatic N) is 2. The molecule has 0 aliphatic heterocycles. The summed E-state index contributed by atoms with van der Waals surface area (Å²) >= 11 is 4.17. The molecule has 0 atom stereocenters. The van der Waals surface area contributed by atoms with Gasteiger partial charge in [0.25, 0.3) is 0 Å². The maximum absolute atomic E-state index is 4.25. The van der Waals surface area contributed by atoms with Crippen LogP contribution in [0.1, 0.15) is 32.3 Å². The Morgan fingerprint density at radius 2 is 1.65 bits per heavy atom. The zero-order valence-electron chi connectivity index (χ0n) is 15.4. The SMILES string of the molecule is CCCSC(Cn1ccnc1)(SCCC)c1ccc2ccccc2c1.Cl. The summed E-state index contributed by atoms with van der Waals surface area (Å²) in [5.74, 6) is 2.33. The van der Waals surface area contributed by atoms with E-state index in [-0.39, 0.29) is 16.5 Å². The molecule has 0 saturated carbocycles. The van der Waals surface area contributed by atoms with E-state index in [0.717, 1.165) is 18.1 Å². The molecule has 140 valence electrons. The highest BCUT2D eigenvalue weighted by Crippen LogP contribution is 2.49. The van der Waals surface area contributed by atoms with E-state index >= 15 is 0 Å². The summed E-state index contributed by atoms with van der Waals surface area (Å²) in [5.41, 5.74) is 1.41. The van der Waals surface area contributed by atoms with Gasteiger partial charge in [0.2, 0.25) is 0 Å². The van der Waals surface area contributed by atoms with Crippen LogP contribution in [0, 0.1) is 0 Å². The van der Waals surface area contributed by atoms with E-state index in [1.807, 2.05) is 12.5 Å². The zero-order valence-corrected chi connectivity index (χ0v) is 17.9. The van der Waals surface area contributed by atoms with E-state index < -0.39 is 0 Å². The number of fused-ring (bicyclic) bond motifs is 1. The molecule has 2 aromatic carbocycles. The van der Waals surface area contributed by atoms with Gasteiger partial charge in [0, 0.05) is 12.4 Å². The van der Waals surface area contributed by atoms with Gasteiger partial charge in [-0.15, -0.1) is 35.9 Å². The van der Waals surface area contributed by atoms with E-state index in [1.54, 1.807) is 0 Å². The highest BCUT2D eigenvalue weighted by atomic mass is 35.5. The number of halogens is 1. The molecule has 0 unspecified atom stereocenters. The first-order valence-corrected chi connectivity index (χ1v) is 11.0. The fraction of sp³-hybridized carbons (Fsp3) is 0.381. The maximum Gasteiger partial charge on any atom is 0.104 e. The lowest BCUT2D eigenvalue weighted by Gasteiger charge is -2.34. The third kappa shape index (κ3) is 4.99. The van der Waals surface area contributed by atoms with Gasteiger partial charge in [-0.3, -0.25) is 0 Å². The molecule has 0 bridgehead atoms. The van der Waals surface area contributed by atoms with Crippen LogP contribution < -0.4 is 0 Å². The molecule has 0 amide bonds. The molecular weight excluding hydrogens is 380 g/mol. The number of aromatic nitrogens is 2. The van der Waals surface area contributed by atoms with Crippen LogP contribution in [-0.4, -0.2) is 21.1 Å². The van der Waals surface area contributed by atoms with Gasteiger partial charge in [-0.05, 0) is 46.7 Å². The van der Waals surface area contributed by atoms with Crippen LogP contribution in [0.15, 0.2) is 61.2 Å². The van der Waals surface area contributed by atoms with Crippen molar-refractivity contribution < 1.29 is 0 Å². The number of thioether (sulfide) groups is 2. The molecule has 0 saturated heterocycles. The van der Waals surface area contributed by atoms with Crippen molar-refractivity contribution in [2.24, 2.45) is 0 Å². The molecule has 1 heterocycles. The van der Waals surface area contributed by atoms with Crippen molar-refractivity contribution >= 4 is 46.7 Å². The lowest BCUT2D eigenvalue weighted by atomic mass is 10.0. The smallest absolute Gasteiger partial charge is 0.104 e. The molecule has 0 N–H and O–H groups in total. The molecule has 5 heteroatoms. The first-order valence-electron chi connectivity index (χ1n) is 9.00. The van der Waals surface area contributed by atoms with Crippen LogP contribution in [0.2, 0.25) is 0 Å². The number of hydrogen-bond donors (Lipinski definition) is 0. The predicted octanol–water partition coefficient (Wildman–Crippen LogP) is 6.60. The number of rotatable bonds is 9. The summed E-state index contributed by atoms with van der Waals surface area (Å²) in [6, 6.07) is 15.6. The van der Waals surface area contributed by atoms with Crippen molar-refractivity contribution in [3.05, 3.63) is 66.7 Å². The molecule has 0 radical (unpaired) electrons. The fourth-order valence-electron chi connectivity index (χ4n) is 2.97. The van der Waals surface area contributed by atoms with E-state index in [0.29, 0.717) is 0 Å². The maximum atomic E-state index is 4.25. The van der Waals surface area contributed by atoms with Crippen LogP contribution in [-0.2, 0) is 10.6 Å². The molecule has 1 aromatic heterocycles. The van der Waals surface area contributed by atoms with Gasteiger partial charge in [-0.2, -0.15) is 0 Å². The van der Waals surface area contributed by atoms with Crippen molar-refractivity contribution in [2.75, 3.05) is 11.5 Å². The molecule has 26 heavy (non-hydrogen) atoms. The summed E-state index contributed by atoms with van der Waals surface area (Å²) in [7, 11) is 0. The first-order chi connectivity index (χ1) is 12.3. The number of hydrogen-bond acceptors (Lipinski definition) is 3. The second-order valence-corrected chi connectivity index (χ2v) is 9.29. The largest absolute Gasteiger partial charge is 0.335 e. The lowest BCUT2D eigenvalue weighted by molar-refractivity contribution is 0.648. The molecule has 3 rings (SSSR count). The molecule has 0 spiro atoms. The van der Waals surface area contributed by atoms with Crippen LogP contribution in [0.5, 0.6) is 0 Å². The minimum Gasteiger partial charge on any atom is -0.335 e. The van der Waals surface area contributed by atoms with Crippen molar-refractivity contribution in [2.45, 2.75) is 37.3 Å². The van der Waals surface area contributed by atoms with Crippen LogP contribution >= 0.6 is 35.9 Å². The summed E-state index contributed by atoms with van der Waals surface area (Å²) in [4.78, 5) is 4.25. The van der Waals surface area contributed by atoms with Crippen LogP contribution in [0.4, 0.5) is 0 Å². The highest BCUT2D eigenvalue weighted by Gasteiger charge is 2.33. The van der Waals surface area contributed by atoms with Gasteiger partial charge in [0.05, 0.1) is 12.9 Å². The van der Waals surface area contributed by atoms with Gasteiger partial charge in [0.1, 0.15) is 4.08 Å². The Morgan fingerprint density at radius 1 is 0.962 bits per heavy atom. The third-order valence-corrected chi connectivity index (χ3v) is 7.81. The van der Waals surface area contributed by atoms with Gasteiger partial charge in [-0.25, -0.2) is 4.98 Å². The van der Waals surface area contributed by atoms with E-state index in [2.05, 4.69) is 95.6 Å². The minimum atomic E-state index is 0. The van der Waals surface area contributed by atoms with Gasteiger partial charge >= 0.3 is 0 Å². The number of benzene rings is 2. The van der Waals surface area contributed by atoms with E-state index in [4.69, 9.17) is 0 Å². The van der Waals surface area contributed by atoms with Crippen LogP contribution in [0.3, 0.4) is 0 Å². The quantitative estimate of drug-likeness (QED) is 0.373. The average molecular weight is 407 g/mol. The van der Waals surface area contributed by atoms with E-state index in [9.17, 15) is 0 Å². The first kappa shape index (κ1) is 21.2. The lowest BCUT2D eigenvalue weighted by Crippen LogP contribution is -2.25. The van der Waals surface area contributed by atoms with Gasteiger partial charge < -0.3 is 4.57 Å². The van der Waals surface area contributed by atoms with Gasteiger partial charge in [-0.1, -0.05) is 50.2 Å². The fourth-order valence-corrected chi connectivity index (χ4v) is 5.94. The monoisotopic (exact) mass is 406 g/mol. The van der Waals surface area contributed by atoms with Crippen molar-refractivity contribution in [3.8, 4) is 0 Å². The normalized spacial score (nSPS) is 11.5. The second-order valence-electron chi connectivity index (χ2n) is 6.25. The van der Waals surface area contributed by atoms with E-state index in [1.165, 1.54) is 29.2 Å². The van der Waals surface area contributed by atoms with Gasteiger partial charge in [0.15, 0.2) is 0 Å². The summed E-state index contributed by atoms with van der Waals surface area (Å²) in [6.45, 7) is 5.47. The van der Waals surface area contributed by atoms with Crippen molar-refractivity contribution in [1.82, 2.24) is 9.55 Å². The second kappa shape index (κ2) is 10.3. The molecular formula is C21H27ClN2S2. The Labute approximate surface area is 171 Å². The Bertz CT molecular complexity index is 782. The summed E-state index contributed by atoms with van der Waals surface area (Å²) < 4.78 is 2.25. The molecule has 0 aliphatic rings. The Hall–Kier alpha value is -1.10. The summed E-state index contributed by atoms with van der Waals surface area (Å²) in [5, 5.41) is 2.63. The molecule has 0 aliphatic carbocycles. The average Bonchev–Trinajstić information content (AvgIpc) is 3.16. The predicted molar refractivity (Wildman–Crippen MR) is 121 cm³/mol. The topological polar surface area (TPSA) is 17.8 Å². The summed E-state index contributed by atoms with van der Waals surface area (Å²) in [6.07, 6.45) is 8.27. The Balaban J connectivity index is 0.00000243. The zero-order chi connectivity index (χ0) is 17.5. The third-order valence-electron chi connectivity index (χ3n) is 4.22. The standard InChI is InChI=1S/C21H26N2S2.ClH/c1-3-13-24-21(25-14-4-2,16-23-12-11-22-17-23)20-10-9-18-7-5-6-8-19(18)15-20;/h5-12,15,17H,3-4,13-14,16H2,1-2H3;1H. The molecule has 3 aromatic rings. The molecule has 2 nitrogen and oxygen atoms in total. The number of imidazole rings is 1. The minimum absolute atomic E-state index is 0. The molecule has 0 fully saturated rings.